The summed E-state index contributed by atoms with van der Waals surface area (Å²) in [7, 11) is 0. The van der Waals surface area contributed by atoms with E-state index in [0.29, 0.717) is 11.3 Å². The summed E-state index contributed by atoms with van der Waals surface area (Å²) < 4.78 is 0. The van der Waals surface area contributed by atoms with Gasteiger partial charge in [0, 0.05) is 12.4 Å². The van der Waals surface area contributed by atoms with Crippen LogP contribution in [0.15, 0.2) is 24.8 Å². The maximum absolute atomic E-state index is 11.9. The van der Waals surface area contributed by atoms with Crippen molar-refractivity contribution in [1.29, 1.82) is 0 Å². The second-order valence-corrected chi connectivity index (χ2v) is 4.25. The van der Waals surface area contributed by atoms with E-state index in [-0.39, 0.29) is 16.2 Å². The molecule has 2 heterocycles. The number of nitrogens with zero attached hydrogens (tertiary/aromatic N) is 3. The lowest BCUT2D eigenvalue weighted by atomic mass is 10.2. The van der Waals surface area contributed by atoms with E-state index in [2.05, 4.69) is 20.3 Å². The Kier molecular flexibility index (Phi) is 3.74. The fraction of sp³-hybridized carbons (Fsp3) is 0.0909. The largest absolute Gasteiger partial charge is 0.319 e. The van der Waals surface area contributed by atoms with Crippen molar-refractivity contribution in [2.45, 2.75) is 6.92 Å². The molecule has 2 aromatic rings. The first-order chi connectivity index (χ1) is 8.58. The number of carbonyl (C=O) groups is 1. The summed E-state index contributed by atoms with van der Waals surface area (Å²) in [6, 6.07) is 1.62. The zero-order valence-electron chi connectivity index (χ0n) is 9.32. The first-order valence-corrected chi connectivity index (χ1v) is 5.72. The second kappa shape index (κ2) is 5.29. The van der Waals surface area contributed by atoms with E-state index < -0.39 is 0 Å². The molecule has 0 aliphatic carbocycles. The number of hydrogen-bond acceptors (Lipinski definition) is 4. The van der Waals surface area contributed by atoms with Crippen LogP contribution >= 0.6 is 23.2 Å². The summed E-state index contributed by atoms with van der Waals surface area (Å²) in [4.78, 5) is 23.3. The van der Waals surface area contributed by atoms with E-state index in [9.17, 15) is 4.79 Å². The van der Waals surface area contributed by atoms with Crippen LogP contribution in [0.4, 0.5) is 5.69 Å². The van der Waals surface area contributed by atoms with Crippen molar-refractivity contribution < 1.29 is 4.79 Å². The summed E-state index contributed by atoms with van der Waals surface area (Å²) in [5.41, 5.74) is 1.49. The van der Waals surface area contributed by atoms with E-state index in [1.165, 1.54) is 18.7 Å². The molecule has 7 heteroatoms. The predicted octanol–water partition coefficient (Wildman–Crippen LogP) is 2.74. The van der Waals surface area contributed by atoms with Crippen LogP contribution in [0.5, 0.6) is 0 Å². The molecule has 1 amide bonds. The molecule has 2 aromatic heterocycles. The number of carbonyl (C=O) groups excluding carboxylic acids is 1. The standard InChI is InChI=1S/C11H8Cl2N4O/c1-6-2-8(12)16-10(13)9(6)17-11(18)7-3-14-5-15-4-7/h2-5H,1H3,(H,17,18). The Morgan fingerprint density at radius 1 is 1.28 bits per heavy atom. The fourth-order valence-corrected chi connectivity index (χ4v) is 1.93. The smallest absolute Gasteiger partial charge is 0.258 e. The molecule has 0 bridgehead atoms. The number of aromatic nitrogens is 3. The lowest BCUT2D eigenvalue weighted by Gasteiger charge is -2.09. The first-order valence-electron chi connectivity index (χ1n) is 4.97. The highest BCUT2D eigenvalue weighted by Crippen LogP contribution is 2.26. The minimum Gasteiger partial charge on any atom is -0.319 e. The highest BCUT2D eigenvalue weighted by atomic mass is 35.5. The normalized spacial score (nSPS) is 10.2. The van der Waals surface area contributed by atoms with Crippen molar-refractivity contribution in [2.75, 3.05) is 5.32 Å². The summed E-state index contributed by atoms with van der Waals surface area (Å²) in [6.07, 6.45) is 4.17. The molecule has 18 heavy (non-hydrogen) atoms. The Morgan fingerprint density at radius 3 is 2.56 bits per heavy atom. The van der Waals surface area contributed by atoms with Crippen molar-refractivity contribution in [3.05, 3.63) is 46.2 Å². The molecule has 0 radical (unpaired) electrons. The van der Waals surface area contributed by atoms with Gasteiger partial charge in [0.05, 0.1) is 11.3 Å². The van der Waals surface area contributed by atoms with Gasteiger partial charge in [-0.1, -0.05) is 23.2 Å². The van der Waals surface area contributed by atoms with Crippen LogP contribution < -0.4 is 5.32 Å². The van der Waals surface area contributed by atoms with Crippen LogP contribution in [0.3, 0.4) is 0 Å². The monoisotopic (exact) mass is 282 g/mol. The number of aryl methyl sites for hydroxylation is 1. The number of hydrogen-bond donors (Lipinski definition) is 1. The molecule has 0 unspecified atom stereocenters. The summed E-state index contributed by atoms with van der Waals surface area (Å²) in [5.74, 6) is -0.357. The average Bonchev–Trinajstić information content (AvgIpc) is 2.34. The molecule has 0 aromatic carbocycles. The van der Waals surface area contributed by atoms with Crippen LogP contribution in [0.2, 0.25) is 10.3 Å². The van der Waals surface area contributed by atoms with Gasteiger partial charge in [-0.3, -0.25) is 4.79 Å². The van der Waals surface area contributed by atoms with Crippen molar-refractivity contribution in [3.63, 3.8) is 0 Å². The number of amides is 1. The molecule has 0 aliphatic heterocycles. The Hall–Kier alpha value is -1.72. The van der Waals surface area contributed by atoms with Gasteiger partial charge in [0.1, 0.15) is 11.5 Å². The Labute approximate surface area is 113 Å². The first kappa shape index (κ1) is 12.7. The van der Waals surface area contributed by atoms with Crippen molar-refractivity contribution in [2.24, 2.45) is 0 Å². The fourth-order valence-electron chi connectivity index (χ4n) is 1.35. The summed E-state index contributed by atoms with van der Waals surface area (Å²) >= 11 is 11.7. The molecular weight excluding hydrogens is 275 g/mol. The second-order valence-electron chi connectivity index (χ2n) is 3.51. The third-order valence-electron chi connectivity index (χ3n) is 2.20. The number of rotatable bonds is 2. The number of anilines is 1. The molecule has 5 nitrogen and oxygen atoms in total. The van der Waals surface area contributed by atoms with Gasteiger partial charge in [0.2, 0.25) is 0 Å². The van der Waals surface area contributed by atoms with Crippen molar-refractivity contribution in [3.8, 4) is 0 Å². The molecule has 0 fully saturated rings. The van der Waals surface area contributed by atoms with Crippen LogP contribution in [0, 0.1) is 6.92 Å². The molecular formula is C11H8Cl2N4O. The highest BCUT2D eigenvalue weighted by molar-refractivity contribution is 6.35. The minimum atomic E-state index is -0.357. The van der Waals surface area contributed by atoms with E-state index >= 15 is 0 Å². The van der Waals surface area contributed by atoms with E-state index in [0.717, 1.165) is 5.56 Å². The van der Waals surface area contributed by atoms with Gasteiger partial charge >= 0.3 is 0 Å². The molecule has 0 saturated heterocycles. The van der Waals surface area contributed by atoms with Gasteiger partial charge in [0.25, 0.3) is 5.91 Å². The average molecular weight is 283 g/mol. The molecule has 0 spiro atoms. The Balaban J connectivity index is 2.28. The molecule has 0 aliphatic rings. The van der Waals surface area contributed by atoms with Crippen LogP contribution in [-0.4, -0.2) is 20.9 Å². The minimum absolute atomic E-state index is 0.144. The molecule has 1 N–H and O–H groups in total. The van der Waals surface area contributed by atoms with Crippen LogP contribution in [0.25, 0.3) is 0 Å². The lowest BCUT2D eigenvalue weighted by Crippen LogP contribution is -2.14. The molecule has 0 saturated carbocycles. The SMILES string of the molecule is Cc1cc(Cl)nc(Cl)c1NC(=O)c1cncnc1. The maximum Gasteiger partial charge on any atom is 0.258 e. The lowest BCUT2D eigenvalue weighted by molar-refractivity contribution is 0.102. The van der Waals surface area contributed by atoms with Crippen LogP contribution in [-0.2, 0) is 0 Å². The zero-order valence-corrected chi connectivity index (χ0v) is 10.8. The Morgan fingerprint density at radius 2 is 1.94 bits per heavy atom. The number of pyridine rings is 1. The van der Waals surface area contributed by atoms with Gasteiger partial charge in [0.15, 0.2) is 5.15 Å². The van der Waals surface area contributed by atoms with Gasteiger partial charge in [-0.25, -0.2) is 15.0 Å². The molecule has 2 rings (SSSR count). The predicted molar refractivity (Wildman–Crippen MR) is 69.0 cm³/mol. The topological polar surface area (TPSA) is 67.8 Å². The van der Waals surface area contributed by atoms with Crippen molar-refractivity contribution >= 4 is 34.8 Å². The third kappa shape index (κ3) is 2.75. The van der Waals surface area contributed by atoms with Gasteiger partial charge in [-0.15, -0.1) is 0 Å². The summed E-state index contributed by atoms with van der Waals surface area (Å²) in [6.45, 7) is 1.77. The van der Waals surface area contributed by atoms with Crippen LogP contribution in [0.1, 0.15) is 15.9 Å². The highest BCUT2D eigenvalue weighted by Gasteiger charge is 2.12. The van der Waals surface area contributed by atoms with Gasteiger partial charge < -0.3 is 5.32 Å². The van der Waals surface area contributed by atoms with Crippen molar-refractivity contribution in [1.82, 2.24) is 15.0 Å². The Bertz CT molecular complexity index is 566. The third-order valence-corrected chi connectivity index (χ3v) is 2.67. The number of halogens is 2. The van der Waals surface area contributed by atoms with Gasteiger partial charge in [-0.2, -0.15) is 0 Å². The molecule has 92 valence electrons. The van der Waals surface area contributed by atoms with Gasteiger partial charge in [-0.05, 0) is 18.6 Å². The molecule has 0 atom stereocenters. The number of nitrogens with one attached hydrogen (secondary N) is 1. The summed E-state index contributed by atoms with van der Waals surface area (Å²) in [5, 5.41) is 3.07. The zero-order chi connectivity index (χ0) is 13.1. The van der Waals surface area contributed by atoms with E-state index in [1.54, 1.807) is 13.0 Å². The van der Waals surface area contributed by atoms with E-state index in [4.69, 9.17) is 23.2 Å². The quantitative estimate of drug-likeness (QED) is 0.860. The van der Waals surface area contributed by atoms with E-state index in [1.807, 2.05) is 0 Å². The maximum atomic E-state index is 11.9.